The highest BCUT2D eigenvalue weighted by Gasteiger charge is 1.97. The third kappa shape index (κ3) is 12.6. The summed E-state index contributed by atoms with van der Waals surface area (Å²) in [5, 5.41) is 17.0. The van der Waals surface area contributed by atoms with Gasteiger partial charge in [-0.05, 0) is 18.8 Å². The van der Waals surface area contributed by atoms with Gasteiger partial charge in [0.05, 0.1) is 6.10 Å². The van der Waals surface area contributed by atoms with Crippen LogP contribution in [0.2, 0.25) is 0 Å². The van der Waals surface area contributed by atoms with Gasteiger partial charge in [0.1, 0.15) is 0 Å². The molecule has 0 radical (unpaired) electrons. The molecule has 0 amide bonds. The Labute approximate surface area is 76.6 Å². The van der Waals surface area contributed by atoms with Crippen LogP contribution in [0.4, 0.5) is 0 Å². The van der Waals surface area contributed by atoms with Crippen molar-refractivity contribution >= 4 is 0 Å². The molecule has 0 bridgehead atoms. The topological polar surface area (TPSA) is 40.5 Å². The Morgan fingerprint density at radius 3 is 1.42 bits per heavy atom. The fourth-order valence-electron chi connectivity index (χ4n) is 0.129. The standard InChI is InChI=1S/2C5H12O/c1-4(2)5(3)6;1-3-5(2)4-6/h4-6H,1-3H3;5-6H,3-4H2,1-2H3. The van der Waals surface area contributed by atoms with Crippen molar-refractivity contribution in [2.75, 3.05) is 6.61 Å². The first kappa shape index (κ1) is 14.4. The highest BCUT2D eigenvalue weighted by atomic mass is 16.3. The summed E-state index contributed by atoms with van der Waals surface area (Å²) in [7, 11) is 0. The Bertz CT molecular complexity index is 69.9. The molecule has 0 rings (SSSR count). The average molecular weight is 176 g/mol. The predicted octanol–water partition coefficient (Wildman–Crippen LogP) is 2.05. The number of aliphatic hydroxyl groups is 2. The van der Waals surface area contributed by atoms with Crippen molar-refractivity contribution in [3.05, 3.63) is 0 Å². The van der Waals surface area contributed by atoms with E-state index in [-0.39, 0.29) is 6.10 Å². The lowest BCUT2D eigenvalue weighted by Crippen LogP contribution is -2.07. The van der Waals surface area contributed by atoms with E-state index in [1.54, 1.807) is 6.92 Å². The first-order valence-corrected chi connectivity index (χ1v) is 4.74. The zero-order valence-corrected chi connectivity index (χ0v) is 9.04. The van der Waals surface area contributed by atoms with Crippen LogP contribution in [0.3, 0.4) is 0 Å². The maximum atomic E-state index is 8.63. The van der Waals surface area contributed by atoms with Crippen LogP contribution in [0.5, 0.6) is 0 Å². The molecule has 2 heteroatoms. The van der Waals surface area contributed by atoms with Crippen LogP contribution < -0.4 is 0 Å². The van der Waals surface area contributed by atoms with Crippen molar-refractivity contribution < 1.29 is 10.2 Å². The second-order valence-corrected chi connectivity index (χ2v) is 3.68. The van der Waals surface area contributed by atoms with Crippen LogP contribution in [0.1, 0.15) is 41.0 Å². The zero-order chi connectivity index (χ0) is 10.1. The summed E-state index contributed by atoms with van der Waals surface area (Å²) in [4.78, 5) is 0. The second kappa shape index (κ2) is 9.01. The Morgan fingerprint density at radius 1 is 1.08 bits per heavy atom. The molecule has 0 fully saturated rings. The van der Waals surface area contributed by atoms with E-state index in [9.17, 15) is 0 Å². The van der Waals surface area contributed by atoms with Crippen molar-refractivity contribution in [1.82, 2.24) is 0 Å². The van der Waals surface area contributed by atoms with Crippen molar-refractivity contribution in [2.24, 2.45) is 11.8 Å². The summed E-state index contributed by atoms with van der Waals surface area (Å²) in [6.45, 7) is 10.2. The summed E-state index contributed by atoms with van der Waals surface area (Å²) in [6.07, 6.45) is 0.932. The zero-order valence-electron chi connectivity index (χ0n) is 9.04. The molecule has 0 aromatic rings. The third-order valence-electron chi connectivity index (χ3n) is 1.97. The molecule has 0 aromatic heterocycles. The van der Waals surface area contributed by atoms with Gasteiger partial charge in [-0.15, -0.1) is 0 Å². The molecule has 0 spiro atoms. The quantitative estimate of drug-likeness (QED) is 0.691. The molecule has 12 heavy (non-hydrogen) atoms. The highest BCUT2D eigenvalue weighted by Crippen LogP contribution is 1.96. The van der Waals surface area contributed by atoms with Gasteiger partial charge < -0.3 is 10.2 Å². The van der Waals surface area contributed by atoms with Gasteiger partial charge in [0, 0.05) is 6.61 Å². The van der Waals surface area contributed by atoms with Gasteiger partial charge in [-0.1, -0.05) is 34.1 Å². The lowest BCUT2D eigenvalue weighted by atomic mass is 10.1. The van der Waals surface area contributed by atoms with E-state index < -0.39 is 0 Å². The first-order valence-electron chi connectivity index (χ1n) is 4.74. The molecule has 0 aromatic carbocycles. The average Bonchev–Trinajstić information content (AvgIpc) is 2.04. The molecule has 0 saturated heterocycles. The molecule has 0 aliphatic heterocycles. The van der Waals surface area contributed by atoms with Crippen LogP contribution in [-0.4, -0.2) is 22.9 Å². The van der Waals surface area contributed by atoms with Crippen molar-refractivity contribution in [2.45, 2.75) is 47.1 Å². The smallest absolute Gasteiger partial charge is 0.0535 e. The molecule has 0 aliphatic rings. The van der Waals surface area contributed by atoms with E-state index in [0.717, 1.165) is 6.42 Å². The third-order valence-corrected chi connectivity index (χ3v) is 1.97. The molecule has 0 heterocycles. The number of hydrogen-bond donors (Lipinski definition) is 2. The summed E-state index contributed by atoms with van der Waals surface area (Å²) in [5.74, 6) is 0.898. The SMILES string of the molecule is CC(C)C(C)O.CCC(C)CO. The first-order chi connectivity index (χ1) is 5.45. The van der Waals surface area contributed by atoms with Gasteiger partial charge >= 0.3 is 0 Å². The van der Waals surface area contributed by atoms with E-state index in [1.807, 2.05) is 20.8 Å². The van der Waals surface area contributed by atoms with E-state index in [0.29, 0.717) is 18.4 Å². The maximum absolute atomic E-state index is 8.63. The molecule has 0 aliphatic carbocycles. The van der Waals surface area contributed by atoms with Crippen LogP contribution >= 0.6 is 0 Å². The van der Waals surface area contributed by atoms with Crippen LogP contribution in [0.25, 0.3) is 0 Å². The van der Waals surface area contributed by atoms with Gasteiger partial charge in [0.25, 0.3) is 0 Å². The number of hydrogen-bond acceptors (Lipinski definition) is 2. The summed E-state index contributed by atoms with van der Waals surface area (Å²) in [5.41, 5.74) is 0. The Kier molecular flexibility index (Phi) is 10.8. The van der Waals surface area contributed by atoms with E-state index in [1.165, 1.54) is 0 Å². The van der Waals surface area contributed by atoms with Gasteiger partial charge in [-0.2, -0.15) is 0 Å². The van der Waals surface area contributed by atoms with E-state index >= 15 is 0 Å². The Hall–Kier alpha value is -0.0800. The molecule has 2 nitrogen and oxygen atoms in total. The maximum Gasteiger partial charge on any atom is 0.0535 e. The molecule has 2 unspecified atom stereocenters. The molecule has 2 N–H and O–H groups in total. The summed E-state index contributed by atoms with van der Waals surface area (Å²) < 4.78 is 0. The second-order valence-electron chi connectivity index (χ2n) is 3.68. The summed E-state index contributed by atoms with van der Waals surface area (Å²) >= 11 is 0. The lowest BCUT2D eigenvalue weighted by Gasteiger charge is -2.04. The minimum Gasteiger partial charge on any atom is -0.396 e. The molecule has 0 saturated carbocycles. The Balaban J connectivity index is 0. The molecule has 76 valence electrons. The van der Waals surface area contributed by atoms with E-state index in [4.69, 9.17) is 10.2 Å². The number of aliphatic hydroxyl groups excluding tert-OH is 2. The lowest BCUT2D eigenvalue weighted by molar-refractivity contribution is 0.144. The minimum absolute atomic E-state index is 0.148. The van der Waals surface area contributed by atoms with Gasteiger partial charge in [0.2, 0.25) is 0 Å². The molecular formula is C10H24O2. The fourth-order valence-corrected chi connectivity index (χ4v) is 0.129. The largest absolute Gasteiger partial charge is 0.396 e. The van der Waals surface area contributed by atoms with E-state index in [2.05, 4.69) is 6.92 Å². The van der Waals surface area contributed by atoms with Gasteiger partial charge in [-0.3, -0.25) is 0 Å². The van der Waals surface area contributed by atoms with Crippen molar-refractivity contribution in [1.29, 1.82) is 0 Å². The van der Waals surface area contributed by atoms with Crippen LogP contribution in [0.15, 0.2) is 0 Å². The highest BCUT2D eigenvalue weighted by molar-refractivity contribution is 4.48. The summed E-state index contributed by atoms with van der Waals surface area (Å²) in [6, 6.07) is 0. The van der Waals surface area contributed by atoms with Crippen molar-refractivity contribution in [3.63, 3.8) is 0 Å². The Morgan fingerprint density at radius 2 is 1.42 bits per heavy atom. The molecular weight excluding hydrogens is 152 g/mol. The number of rotatable bonds is 3. The monoisotopic (exact) mass is 176 g/mol. The van der Waals surface area contributed by atoms with Crippen LogP contribution in [0, 0.1) is 11.8 Å². The van der Waals surface area contributed by atoms with Gasteiger partial charge in [0.15, 0.2) is 0 Å². The van der Waals surface area contributed by atoms with Crippen LogP contribution in [-0.2, 0) is 0 Å². The minimum atomic E-state index is -0.148. The molecule has 2 atom stereocenters. The predicted molar refractivity (Wildman–Crippen MR) is 53.1 cm³/mol. The van der Waals surface area contributed by atoms with Crippen molar-refractivity contribution in [3.8, 4) is 0 Å². The fraction of sp³-hybridized carbons (Fsp3) is 1.00. The normalized spacial score (nSPS) is 15.0. The van der Waals surface area contributed by atoms with Gasteiger partial charge in [-0.25, -0.2) is 0 Å².